The summed E-state index contributed by atoms with van der Waals surface area (Å²) < 4.78 is 159. The number of carbonyl (C=O) groups excluding carboxylic acids is 3. The second kappa shape index (κ2) is 55.2. The summed E-state index contributed by atoms with van der Waals surface area (Å²) in [5.74, 6) is 12.1. The van der Waals surface area contributed by atoms with Crippen molar-refractivity contribution in [3.63, 3.8) is 0 Å². The smallest absolute Gasteiger partial charge is 0.487 e. The molecule has 4 aromatic heterocycles. The number of carbonyl (C=O) groups is 3. The number of aryl methyl sites for hydroxylation is 1. The first-order chi connectivity index (χ1) is 60.2. The minimum atomic E-state index is -4.59. The molecule has 680 valence electrons. The summed E-state index contributed by atoms with van der Waals surface area (Å²) in [6, 6.07) is 21.3. The highest BCUT2D eigenvalue weighted by Gasteiger charge is 2.35. The zero-order chi connectivity index (χ0) is 87.8. The number of hydrazine groups is 1. The third-order valence-corrected chi connectivity index (χ3v) is 19.1. The highest BCUT2D eigenvalue weighted by Crippen LogP contribution is 2.36. The zero-order valence-corrected chi connectivity index (χ0v) is 70.8. The number of likely N-dealkylation sites (N-methyl/N-ethyl adjacent to an activating group) is 1. The van der Waals surface area contributed by atoms with E-state index in [9.17, 15) is 36.3 Å². The van der Waals surface area contributed by atoms with Crippen LogP contribution in [-0.4, -0.2) is 314 Å². The Morgan fingerprint density at radius 1 is 0.581 bits per heavy atom. The van der Waals surface area contributed by atoms with E-state index in [0.29, 0.717) is 288 Å². The molecule has 6 heterocycles. The molecule has 8 N–H and O–H groups in total. The summed E-state index contributed by atoms with van der Waals surface area (Å²) in [5.41, 5.74) is 6.88. The number of piperidine rings is 1. The number of halogens is 6. The predicted molar refractivity (Wildman–Crippen MR) is 450 cm³/mol. The van der Waals surface area contributed by atoms with Crippen molar-refractivity contribution in [2.45, 2.75) is 38.1 Å². The van der Waals surface area contributed by atoms with Gasteiger partial charge in [-0.1, -0.05) is 18.1 Å². The lowest BCUT2D eigenvalue weighted by molar-refractivity contribution is -0.138. The summed E-state index contributed by atoms with van der Waals surface area (Å²) in [4.78, 5) is 54.9. The van der Waals surface area contributed by atoms with Crippen molar-refractivity contribution in [1.29, 1.82) is 0 Å². The summed E-state index contributed by atoms with van der Waals surface area (Å²) >= 11 is 4.84. The van der Waals surface area contributed by atoms with Crippen molar-refractivity contribution in [3.05, 3.63) is 161 Å². The fourth-order valence-electron chi connectivity index (χ4n) is 12.4. The number of aromatic nitrogens is 5. The van der Waals surface area contributed by atoms with Gasteiger partial charge in [0.1, 0.15) is 35.3 Å². The zero-order valence-electron chi connectivity index (χ0n) is 70.1. The molecule has 2 fully saturated rings. The number of pyridine rings is 2. The number of piperazine rings is 1. The lowest BCUT2D eigenvalue weighted by atomic mass is 9.95. The second-order valence-electron chi connectivity index (χ2n) is 28.4. The van der Waals surface area contributed by atoms with Gasteiger partial charge in [-0.2, -0.15) is 18.3 Å². The Balaban J connectivity index is 0.463. The highest BCUT2D eigenvalue weighted by molar-refractivity contribution is 6.20. The highest BCUT2D eigenvalue weighted by atomic mass is 35.5. The Labute approximate surface area is 723 Å². The van der Waals surface area contributed by atoms with Crippen LogP contribution in [0.25, 0.3) is 16.9 Å². The molecule has 9 rings (SSSR count). The molecule has 2 aliphatic heterocycles. The van der Waals surface area contributed by atoms with Gasteiger partial charge >= 0.3 is 11.7 Å². The van der Waals surface area contributed by atoms with E-state index in [-0.39, 0.29) is 53.1 Å². The van der Waals surface area contributed by atoms with Crippen LogP contribution in [0.2, 0.25) is 0 Å². The molecule has 3 amide bonds. The van der Waals surface area contributed by atoms with Crippen molar-refractivity contribution >= 4 is 52.2 Å². The third kappa shape index (κ3) is 37.5. The molecule has 0 unspecified atom stereocenters. The largest absolute Gasteiger partial charge is 0.491 e. The fourth-order valence-corrected chi connectivity index (χ4v) is 12.5. The summed E-state index contributed by atoms with van der Waals surface area (Å²) in [5, 5.41) is 16.8. The van der Waals surface area contributed by atoms with Crippen LogP contribution in [0.3, 0.4) is 0 Å². The minimum Gasteiger partial charge on any atom is -0.491 e. The molecule has 0 radical (unpaired) electrons. The summed E-state index contributed by atoms with van der Waals surface area (Å²) in [7, 11) is 1.99. The Bertz CT molecular complexity index is 4360. The standard InChI is InChI=1S/C85H114ClF5N14O19/c1-64-3-4-67(82(107)99-72-7-5-68(77(57-72)84(87,88)89)61-102-24-22-101(2)23-25-102)55-66(64)6-10-73-60-95-79-58-75(16-21-105(73)79)123-54-53-121-50-49-119-46-45-117-40-38-114-36-34-112-32-30-110-28-26-104(93)62-70(92)63-122-52-51-120-48-47-118-44-43-116-42-41-115-39-37-113-35-33-111-31-29-109-27-18-94-81(106)65-14-19-103(20-15-65)80-76(78-13-17-97-100-78)56-69(59-96-80)83(108)98-71-8-11-74(12-9-71)124-85(86,90)91/h3-5,7-9,11-13,16-17,21,55-60,62,65H,14-15,18-20,22-54,61,63,92-93H2,1-2H3,(H,94,106)(H,97,100)(H,98,108)(H,99,107)/b70-62-. The van der Waals surface area contributed by atoms with E-state index >= 15 is 0 Å². The van der Waals surface area contributed by atoms with E-state index in [4.69, 9.17) is 94.2 Å². The molecule has 33 nitrogen and oxygen atoms in total. The van der Waals surface area contributed by atoms with Gasteiger partial charge in [0, 0.05) is 129 Å². The monoisotopic (exact) mass is 1760 g/mol. The Hall–Kier alpha value is -9.32. The number of alkyl halides is 6. The number of hydrogen-bond acceptors (Lipinski definition) is 28. The van der Waals surface area contributed by atoms with Gasteiger partial charge in [0.05, 0.1) is 220 Å². The van der Waals surface area contributed by atoms with Gasteiger partial charge in [0.15, 0.2) is 0 Å². The van der Waals surface area contributed by atoms with Crippen LogP contribution in [0.4, 0.5) is 39.1 Å². The number of imidazole rings is 1. The number of nitrogens with zero attached hydrogens (tertiary/aromatic N) is 8. The van der Waals surface area contributed by atoms with Crippen molar-refractivity contribution in [3.8, 4) is 34.6 Å². The number of amides is 3. The molecule has 2 saturated heterocycles. The van der Waals surface area contributed by atoms with Crippen molar-refractivity contribution in [2.75, 3.05) is 267 Å². The van der Waals surface area contributed by atoms with Crippen molar-refractivity contribution < 1.29 is 112 Å². The first-order valence-electron chi connectivity index (χ1n) is 41.1. The number of ether oxygens (including phenoxy) is 16. The topological polar surface area (TPSA) is 359 Å². The molecular weight excluding hydrogens is 1650 g/mol. The number of rotatable bonds is 60. The van der Waals surface area contributed by atoms with E-state index < -0.39 is 29.1 Å². The quantitative estimate of drug-likeness (QED) is 0.00527. The van der Waals surface area contributed by atoms with E-state index in [1.807, 2.05) is 23.3 Å². The van der Waals surface area contributed by atoms with Crippen LogP contribution in [0.5, 0.6) is 11.5 Å². The van der Waals surface area contributed by atoms with E-state index in [2.05, 4.69) is 62.5 Å². The third-order valence-electron chi connectivity index (χ3n) is 19.0. The van der Waals surface area contributed by atoms with E-state index in [1.165, 1.54) is 47.6 Å². The van der Waals surface area contributed by atoms with Gasteiger partial charge in [-0.25, -0.2) is 15.8 Å². The number of nitrogens with two attached hydrogens (primary N) is 2. The maximum Gasteiger partial charge on any atom is 0.487 e. The lowest BCUT2D eigenvalue weighted by Crippen LogP contribution is -2.44. The summed E-state index contributed by atoms with van der Waals surface area (Å²) in [6.45, 7) is 18.1. The first-order valence-corrected chi connectivity index (χ1v) is 41.5. The molecule has 3 aromatic carbocycles. The van der Waals surface area contributed by atoms with Crippen molar-refractivity contribution in [1.82, 2.24) is 44.7 Å². The lowest BCUT2D eigenvalue weighted by Gasteiger charge is -2.33. The maximum absolute atomic E-state index is 14.2. The first kappa shape index (κ1) is 98.5. The second-order valence-corrected chi connectivity index (χ2v) is 28.8. The molecule has 2 aliphatic rings. The average molecular weight is 1770 g/mol. The van der Waals surface area contributed by atoms with Crippen LogP contribution in [0.1, 0.15) is 61.5 Å². The number of nitrogens with one attached hydrogen (secondary N) is 4. The van der Waals surface area contributed by atoms with Crippen LogP contribution >= 0.6 is 11.6 Å². The van der Waals surface area contributed by atoms with Gasteiger partial charge in [0.25, 0.3) is 11.8 Å². The number of fused-ring (bicyclic) bond motifs is 1. The molecule has 124 heavy (non-hydrogen) atoms. The van der Waals surface area contributed by atoms with Crippen LogP contribution < -0.4 is 41.9 Å². The number of anilines is 3. The SMILES string of the molecule is Cc1ccc(C(=O)Nc2ccc(CN3CCN(C)CC3)c(C(F)(F)F)c2)cc1C#Cc1cnc2cc(OCCOCCOCCOCCOCCOCCOCCN(N)/C=C(\N)COCCOCCOCCOCCOCCOCCOCCOCCNC(=O)C3CCN(c4ncc(C(=O)Nc5ccc(OC(F)(F)Cl)cc5)cc4-c4ccn[nH]4)CC3)ccn12. The van der Waals surface area contributed by atoms with Gasteiger partial charge in [-0.15, -0.1) is 8.78 Å². The minimum absolute atomic E-state index is 0.0433. The molecule has 0 atom stereocenters. The van der Waals surface area contributed by atoms with Crippen LogP contribution in [0.15, 0.2) is 122 Å². The number of benzene rings is 3. The number of H-pyrrole nitrogens is 1. The molecule has 0 spiro atoms. The Morgan fingerprint density at radius 2 is 1.11 bits per heavy atom. The van der Waals surface area contributed by atoms with Gasteiger partial charge in [-0.05, 0) is 111 Å². The van der Waals surface area contributed by atoms with Gasteiger partial charge in [0.2, 0.25) is 5.91 Å². The molecule has 0 aliphatic carbocycles. The molecule has 7 aromatic rings. The molecule has 39 heteroatoms. The van der Waals surface area contributed by atoms with Gasteiger partial charge < -0.3 is 112 Å². The predicted octanol–water partition coefficient (Wildman–Crippen LogP) is 7.89. The van der Waals surface area contributed by atoms with Crippen molar-refractivity contribution in [2.24, 2.45) is 17.5 Å². The number of aromatic amines is 1. The molecule has 0 bridgehead atoms. The van der Waals surface area contributed by atoms with Gasteiger partial charge in [-0.3, -0.25) is 28.8 Å². The molecular formula is C85H114ClF5N14O19. The Morgan fingerprint density at radius 3 is 1.67 bits per heavy atom. The fraction of sp³-hybridized carbons (Fsp3) is 0.529. The average Bonchev–Trinajstić information content (AvgIpc) is 1.19. The molecule has 0 saturated carbocycles. The summed E-state index contributed by atoms with van der Waals surface area (Å²) in [6.07, 6.45) is 4.70. The maximum atomic E-state index is 14.2. The van der Waals surface area contributed by atoms with E-state index in [1.54, 1.807) is 67.3 Å². The Kier molecular flexibility index (Phi) is 43.8. The number of hydrogen-bond donors (Lipinski definition) is 6. The van der Waals surface area contributed by atoms with E-state index in [0.717, 1.165) is 24.7 Å². The van der Waals surface area contributed by atoms with Crippen LogP contribution in [-0.2, 0) is 83.8 Å². The normalized spacial score (nSPS) is 13.8. The van der Waals surface area contributed by atoms with Crippen LogP contribution in [0, 0.1) is 24.7 Å².